The van der Waals surface area contributed by atoms with Gasteiger partial charge >= 0.3 is 0 Å². The summed E-state index contributed by atoms with van der Waals surface area (Å²) in [5.74, 6) is -0.230. The highest BCUT2D eigenvalue weighted by atomic mass is 16.5. The van der Waals surface area contributed by atoms with Gasteiger partial charge in [0, 0.05) is 25.3 Å². The molecule has 0 aromatic heterocycles. The number of amides is 2. The zero-order valence-corrected chi connectivity index (χ0v) is 16.2. The number of ether oxygens (including phenoxy) is 1. The Bertz CT molecular complexity index is 856. The van der Waals surface area contributed by atoms with E-state index in [1.165, 1.54) is 5.56 Å². The first-order valence-corrected chi connectivity index (χ1v) is 10.0. The molecule has 2 aliphatic rings. The predicted molar refractivity (Wildman–Crippen MR) is 107 cm³/mol. The number of hydrogen-bond donors (Lipinski definition) is 1. The van der Waals surface area contributed by atoms with Crippen molar-refractivity contribution < 1.29 is 14.3 Å². The molecule has 0 spiro atoms. The van der Waals surface area contributed by atoms with Crippen LogP contribution in [-0.2, 0) is 22.5 Å². The highest BCUT2D eigenvalue weighted by Gasteiger charge is 2.40. The molecule has 0 radical (unpaired) electrons. The molecule has 0 saturated carbocycles. The smallest absolute Gasteiger partial charge is 0.255 e. The normalized spacial score (nSPS) is 21.0. The SMILES string of the molecule is CCc1ccc(CN2C(=O)c3ccccc3[C@H]2C(=O)NC[C@@H]2CCCO2)cc1. The summed E-state index contributed by atoms with van der Waals surface area (Å²) in [6.07, 6.45) is 3.05. The van der Waals surface area contributed by atoms with Crippen LogP contribution in [-0.4, -0.2) is 36.0 Å². The standard InChI is InChI=1S/C23H26N2O3/c1-2-16-9-11-17(12-10-16)15-25-21(19-7-3-4-8-20(19)23(25)27)22(26)24-14-18-6-5-13-28-18/h3-4,7-12,18,21H,2,5-6,13-15H2,1H3,(H,24,26)/t18-,21-/m0/s1. The summed E-state index contributed by atoms with van der Waals surface area (Å²) in [6, 6.07) is 15.0. The van der Waals surface area contributed by atoms with Crippen molar-refractivity contribution in [1.29, 1.82) is 0 Å². The molecule has 0 aliphatic carbocycles. The Hall–Kier alpha value is -2.66. The maximum atomic E-state index is 13.1. The first-order valence-electron chi connectivity index (χ1n) is 10.0. The van der Waals surface area contributed by atoms with Crippen LogP contribution in [0.3, 0.4) is 0 Å². The fourth-order valence-corrected chi connectivity index (χ4v) is 4.01. The number of carbonyl (C=O) groups excluding carboxylic acids is 2. The lowest BCUT2D eigenvalue weighted by atomic mass is 10.0. The van der Waals surface area contributed by atoms with Gasteiger partial charge in [0.05, 0.1) is 6.10 Å². The van der Waals surface area contributed by atoms with Crippen molar-refractivity contribution >= 4 is 11.8 Å². The van der Waals surface area contributed by atoms with Gasteiger partial charge < -0.3 is 15.0 Å². The minimum absolute atomic E-state index is 0.0753. The first-order chi connectivity index (χ1) is 13.7. The molecule has 2 atom stereocenters. The van der Waals surface area contributed by atoms with Gasteiger partial charge in [0.2, 0.25) is 5.91 Å². The van der Waals surface area contributed by atoms with Crippen molar-refractivity contribution in [2.24, 2.45) is 0 Å². The molecular formula is C23H26N2O3. The van der Waals surface area contributed by atoms with Crippen molar-refractivity contribution in [3.8, 4) is 0 Å². The number of fused-ring (bicyclic) bond motifs is 1. The van der Waals surface area contributed by atoms with E-state index in [4.69, 9.17) is 4.74 Å². The summed E-state index contributed by atoms with van der Waals surface area (Å²) < 4.78 is 5.61. The van der Waals surface area contributed by atoms with Crippen LogP contribution >= 0.6 is 0 Å². The van der Waals surface area contributed by atoms with Crippen LogP contribution in [0.2, 0.25) is 0 Å². The summed E-state index contributed by atoms with van der Waals surface area (Å²) in [5.41, 5.74) is 3.67. The molecule has 2 aliphatic heterocycles. The van der Waals surface area contributed by atoms with E-state index in [-0.39, 0.29) is 17.9 Å². The third kappa shape index (κ3) is 3.67. The van der Waals surface area contributed by atoms with Gasteiger partial charge in [-0.05, 0) is 42.0 Å². The highest BCUT2D eigenvalue weighted by Crippen LogP contribution is 2.35. The monoisotopic (exact) mass is 378 g/mol. The van der Waals surface area contributed by atoms with E-state index in [9.17, 15) is 9.59 Å². The number of rotatable bonds is 6. The second kappa shape index (κ2) is 8.15. The van der Waals surface area contributed by atoms with Crippen molar-refractivity contribution in [2.45, 2.75) is 44.9 Å². The Morgan fingerprint density at radius 1 is 1.14 bits per heavy atom. The van der Waals surface area contributed by atoms with Crippen molar-refractivity contribution in [3.05, 3.63) is 70.8 Å². The van der Waals surface area contributed by atoms with E-state index in [1.807, 2.05) is 30.3 Å². The molecule has 28 heavy (non-hydrogen) atoms. The zero-order valence-electron chi connectivity index (χ0n) is 16.2. The average molecular weight is 378 g/mol. The van der Waals surface area contributed by atoms with Crippen LogP contribution < -0.4 is 5.32 Å². The predicted octanol–water partition coefficient (Wildman–Crippen LogP) is 3.24. The fourth-order valence-electron chi connectivity index (χ4n) is 4.01. The summed E-state index contributed by atoms with van der Waals surface area (Å²) in [7, 11) is 0. The van der Waals surface area contributed by atoms with Crippen LogP contribution in [0.5, 0.6) is 0 Å². The molecular weight excluding hydrogens is 352 g/mol. The molecule has 2 aromatic carbocycles. The summed E-state index contributed by atoms with van der Waals surface area (Å²) in [5, 5.41) is 3.00. The minimum atomic E-state index is -0.601. The molecule has 4 rings (SSSR count). The Labute approximate surface area is 165 Å². The lowest BCUT2D eigenvalue weighted by Crippen LogP contribution is -2.41. The van der Waals surface area contributed by atoms with E-state index in [2.05, 4.69) is 24.4 Å². The van der Waals surface area contributed by atoms with E-state index < -0.39 is 6.04 Å². The van der Waals surface area contributed by atoms with Crippen molar-refractivity contribution in [1.82, 2.24) is 10.2 Å². The average Bonchev–Trinajstić information content (AvgIpc) is 3.34. The second-order valence-electron chi connectivity index (χ2n) is 7.47. The van der Waals surface area contributed by atoms with Crippen molar-refractivity contribution in [3.63, 3.8) is 0 Å². The molecule has 5 heteroatoms. The Balaban J connectivity index is 1.55. The minimum Gasteiger partial charge on any atom is -0.376 e. The second-order valence-corrected chi connectivity index (χ2v) is 7.47. The largest absolute Gasteiger partial charge is 0.376 e. The lowest BCUT2D eigenvalue weighted by molar-refractivity contribution is -0.126. The molecule has 2 heterocycles. The van der Waals surface area contributed by atoms with Gasteiger partial charge in [-0.2, -0.15) is 0 Å². The third-order valence-corrected chi connectivity index (χ3v) is 5.62. The molecule has 1 saturated heterocycles. The van der Waals surface area contributed by atoms with Crippen LogP contribution in [0.1, 0.15) is 52.9 Å². The zero-order chi connectivity index (χ0) is 19.5. The van der Waals surface area contributed by atoms with Gasteiger partial charge in [0.15, 0.2) is 0 Å². The number of carbonyl (C=O) groups is 2. The van der Waals surface area contributed by atoms with Gasteiger partial charge in [-0.1, -0.05) is 49.4 Å². The molecule has 0 unspecified atom stereocenters. The molecule has 1 N–H and O–H groups in total. The topological polar surface area (TPSA) is 58.6 Å². The maximum absolute atomic E-state index is 13.1. The first kappa shape index (κ1) is 18.7. The van der Waals surface area contributed by atoms with Gasteiger partial charge in [-0.3, -0.25) is 9.59 Å². The number of nitrogens with one attached hydrogen (secondary N) is 1. The molecule has 2 amide bonds. The molecule has 2 aromatic rings. The fraction of sp³-hybridized carbons (Fsp3) is 0.391. The summed E-state index contributed by atoms with van der Waals surface area (Å²) in [6.45, 7) is 3.77. The number of aryl methyl sites for hydroxylation is 1. The number of hydrogen-bond acceptors (Lipinski definition) is 3. The Kier molecular flexibility index (Phi) is 5.44. The molecule has 146 valence electrons. The maximum Gasteiger partial charge on any atom is 0.255 e. The van der Waals surface area contributed by atoms with E-state index in [1.54, 1.807) is 11.0 Å². The highest BCUT2D eigenvalue weighted by molar-refractivity contribution is 6.04. The lowest BCUT2D eigenvalue weighted by Gasteiger charge is -2.25. The van der Waals surface area contributed by atoms with Crippen molar-refractivity contribution in [2.75, 3.05) is 13.2 Å². The van der Waals surface area contributed by atoms with E-state index in [0.717, 1.165) is 37.0 Å². The van der Waals surface area contributed by atoms with Gasteiger partial charge in [-0.15, -0.1) is 0 Å². The molecule has 5 nitrogen and oxygen atoms in total. The van der Waals surface area contributed by atoms with Crippen LogP contribution in [0.15, 0.2) is 48.5 Å². The van der Waals surface area contributed by atoms with Crippen LogP contribution in [0, 0.1) is 0 Å². The Morgan fingerprint density at radius 2 is 1.89 bits per heavy atom. The number of benzene rings is 2. The van der Waals surface area contributed by atoms with E-state index >= 15 is 0 Å². The quantitative estimate of drug-likeness (QED) is 0.840. The van der Waals surface area contributed by atoms with Gasteiger partial charge in [0.25, 0.3) is 5.91 Å². The van der Waals surface area contributed by atoms with Gasteiger partial charge in [-0.25, -0.2) is 0 Å². The molecule has 0 bridgehead atoms. The van der Waals surface area contributed by atoms with Crippen LogP contribution in [0.25, 0.3) is 0 Å². The number of nitrogens with zero attached hydrogens (tertiary/aromatic N) is 1. The summed E-state index contributed by atoms with van der Waals surface area (Å²) >= 11 is 0. The Morgan fingerprint density at radius 3 is 2.61 bits per heavy atom. The van der Waals surface area contributed by atoms with Crippen LogP contribution in [0.4, 0.5) is 0 Å². The third-order valence-electron chi connectivity index (χ3n) is 5.62. The summed E-state index contributed by atoms with van der Waals surface area (Å²) in [4.78, 5) is 27.7. The van der Waals surface area contributed by atoms with E-state index in [0.29, 0.717) is 18.7 Å². The van der Waals surface area contributed by atoms with Gasteiger partial charge in [0.1, 0.15) is 6.04 Å². The molecule has 1 fully saturated rings.